The highest BCUT2D eigenvalue weighted by Crippen LogP contribution is 2.27. The maximum Gasteiger partial charge on any atom is 0.350 e. The van der Waals surface area contributed by atoms with Gasteiger partial charge in [-0.05, 0) is 47.5 Å². The van der Waals surface area contributed by atoms with Crippen molar-refractivity contribution in [2.75, 3.05) is 11.9 Å². The van der Waals surface area contributed by atoms with Crippen LogP contribution in [-0.4, -0.2) is 11.9 Å². The topological polar surface area (TPSA) is 39.4 Å². The molecular weight excluding hydrogens is 364 g/mol. The fourth-order valence-corrected chi connectivity index (χ4v) is 2.23. The Morgan fingerprint density at radius 3 is 2.89 bits per heavy atom. The summed E-state index contributed by atoms with van der Waals surface area (Å²) in [6.45, 7) is 2.53. The van der Waals surface area contributed by atoms with Crippen LogP contribution in [0.15, 0.2) is 31.9 Å². The second-order valence-corrected chi connectivity index (χ2v) is 5.53. The van der Waals surface area contributed by atoms with Crippen LogP contribution < -0.4 is 10.4 Å². The first kappa shape index (κ1) is 13.6. The number of benzene rings is 1. The molecule has 2 rings (SSSR count). The van der Waals surface area contributed by atoms with Crippen LogP contribution in [0.4, 0.5) is 0 Å². The van der Waals surface area contributed by atoms with Crippen molar-refractivity contribution in [1.29, 1.82) is 0 Å². The molecule has 0 N–H and O–H groups in total. The number of halogens is 2. The van der Waals surface area contributed by atoms with Gasteiger partial charge < -0.3 is 9.15 Å². The van der Waals surface area contributed by atoms with E-state index in [9.17, 15) is 4.79 Å². The standard InChI is InChI=1S/C13H12Br2O3/c1-8-11(17-6-2-5-14)4-3-9-7-10(15)13(16)18-12(8)9/h3-4,7H,2,5-6H2,1H3. The third kappa shape index (κ3) is 2.78. The van der Waals surface area contributed by atoms with Crippen LogP contribution in [0.2, 0.25) is 0 Å². The molecule has 0 aliphatic carbocycles. The van der Waals surface area contributed by atoms with Gasteiger partial charge in [-0.1, -0.05) is 15.9 Å². The predicted octanol–water partition coefficient (Wildman–Crippen LogP) is 4.03. The van der Waals surface area contributed by atoms with E-state index in [1.165, 1.54) is 0 Å². The third-order valence-corrected chi connectivity index (χ3v) is 3.71. The molecule has 1 aromatic carbocycles. The van der Waals surface area contributed by atoms with Crippen molar-refractivity contribution in [1.82, 2.24) is 0 Å². The van der Waals surface area contributed by atoms with E-state index < -0.39 is 0 Å². The van der Waals surface area contributed by atoms with E-state index in [4.69, 9.17) is 9.15 Å². The van der Waals surface area contributed by atoms with Gasteiger partial charge in [-0.3, -0.25) is 0 Å². The second-order valence-electron chi connectivity index (χ2n) is 3.88. The molecule has 0 unspecified atom stereocenters. The van der Waals surface area contributed by atoms with Gasteiger partial charge in [0.05, 0.1) is 6.61 Å². The molecule has 0 saturated carbocycles. The van der Waals surface area contributed by atoms with Crippen molar-refractivity contribution in [2.45, 2.75) is 13.3 Å². The van der Waals surface area contributed by atoms with E-state index in [-0.39, 0.29) is 5.63 Å². The van der Waals surface area contributed by atoms with Crippen LogP contribution in [0.3, 0.4) is 0 Å². The van der Waals surface area contributed by atoms with Crippen molar-refractivity contribution in [3.8, 4) is 5.75 Å². The quantitative estimate of drug-likeness (QED) is 0.460. The number of hydrogen-bond donors (Lipinski definition) is 0. The molecule has 1 aromatic heterocycles. The normalized spacial score (nSPS) is 10.8. The predicted molar refractivity (Wildman–Crippen MR) is 78.8 cm³/mol. The van der Waals surface area contributed by atoms with E-state index in [0.717, 1.165) is 28.5 Å². The van der Waals surface area contributed by atoms with Crippen molar-refractivity contribution >= 4 is 42.8 Å². The summed E-state index contributed by atoms with van der Waals surface area (Å²) in [5.74, 6) is 0.758. The molecule has 0 bridgehead atoms. The van der Waals surface area contributed by atoms with E-state index in [2.05, 4.69) is 31.9 Å². The Morgan fingerprint density at radius 1 is 1.39 bits per heavy atom. The third-order valence-electron chi connectivity index (χ3n) is 2.59. The second kappa shape index (κ2) is 5.89. The summed E-state index contributed by atoms with van der Waals surface area (Å²) < 4.78 is 11.4. The van der Waals surface area contributed by atoms with Gasteiger partial charge in [-0.25, -0.2) is 4.79 Å². The number of rotatable bonds is 4. The molecular formula is C13H12Br2O3. The molecule has 2 aromatic rings. The first-order chi connectivity index (χ1) is 8.63. The monoisotopic (exact) mass is 374 g/mol. The van der Waals surface area contributed by atoms with Crippen molar-refractivity contribution in [3.63, 3.8) is 0 Å². The molecule has 0 radical (unpaired) electrons. The highest BCUT2D eigenvalue weighted by Gasteiger charge is 2.09. The van der Waals surface area contributed by atoms with Crippen LogP contribution in [0.1, 0.15) is 12.0 Å². The summed E-state index contributed by atoms with van der Waals surface area (Å²) in [5, 5.41) is 1.79. The average molecular weight is 376 g/mol. The zero-order valence-electron chi connectivity index (χ0n) is 9.83. The first-order valence-electron chi connectivity index (χ1n) is 5.55. The first-order valence-corrected chi connectivity index (χ1v) is 7.46. The van der Waals surface area contributed by atoms with Gasteiger partial charge in [0.1, 0.15) is 15.8 Å². The number of fused-ring (bicyclic) bond motifs is 1. The Kier molecular flexibility index (Phi) is 4.45. The zero-order valence-corrected chi connectivity index (χ0v) is 13.0. The molecule has 0 amide bonds. The lowest BCUT2D eigenvalue weighted by atomic mass is 10.1. The molecule has 0 aliphatic rings. The Balaban J connectivity index is 2.43. The van der Waals surface area contributed by atoms with Gasteiger partial charge in [0, 0.05) is 16.3 Å². The molecule has 3 nitrogen and oxygen atoms in total. The lowest BCUT2D eigenvalue weighted by molar-refractivity contribution is 0.317. The molecule has 5 heteroatoms. The van der Waals surface area contributed by atoms with Gasteiger partial charge >= 0.3 is 5.63 Å². The van der Waals surface area contributed by atoms with Crippen molar-refractivity contribution in [2.24, 2.45) is 0 Å². The Hall–Kier alpha value is -0.810. The summed E-state index contributed by atoms with van der Waals surface area (Å²) in [7, 11) is 0. The highest BCUT2D eigenvalue weighted by atomic mass is 79.9. The smallest absolute Gasteiger partial charge is 0.350 e. The fraction of sp³-hybridized carbons (Fsp3) is 0.308. The van der Waals surface area contributed by atoms with Crippen molar-refractivity contribution < 1.29 is 9.15 Å². The lowest BCUT2D eigenvalue weighted by Crippen LogP contribution is -2.02. The van der Waals surface area contributed by atoms with Gasteiger partial charge in [-0.15, -0.1) is 0 Å². The van der Waals surface area contributed by atoms with Crippen LogP contribution in [0.25, 0.3) is 11.0 Å². The molecule has 18 heavy (non-hydrogen) atoms. The number of hydrogen-bond acceptors (Lipinski definition) is 3. The van der Waals surface area contributed by atoms with Gasteiger partial charge in [0.25, 0.3) is 0 Å². The SMILES string of the molecule is Cc1c(OCCCBr)ccc2cc(Br)c(=O)oc12. The minimum Gasteiger partial charge on any atom is -0.493 e. The highest BCUT2D eigenvalue weighted by molar-refractivity contribution is 9.10. The Bertz CT molecular complexity index is 619. The molecule has 0 atom stereocenters. The van der Waals surface area contributed by atoms with Gasteiger partial charge in [-0.2, -0.15) is 0 Å². The summed E-state index contributed by atoms with van der Waals surface area (Å²) in [4.78, 5) is 11.5. The lowest BCUT2D eigenvalue weighted by Gasteiger charge is -2.09. The molecule has 96 valence electrons. The largest absolute Gasteiger partial charge is 0.493 e. The number of aryl methyl sites for hydroxylation is 1. The molecule has 0 fully saturated rings. The van der Waals surface area contributed by atoms with Gasteiger partial charge in [0.2, 0.25) is 0 Å². The average Bonchev–Trinajstić information content (AvgIpc) is 2.35. The number of ether oxygens (including phenoxy) is 1. The minimum atomic E-state index is -0.372. The summed E-state index contributed by atoms with van der Waals surface area (Å²) in [6.07, 6.45) is 0.932. The maximum atomic E-state index is 11.5. The number of alkyl halides is 1. The van der Waals surface area contributed by atoms with E-state index in [1.54, 1.807) is 6.07 Å². The fourth-order valence-electron chi connectivity index (χ4n) is 1.67. The van der Waals surface area contributed by atoms with Crippen LogP contribution in [0.5, 0.6) is 5.75 Å². The summed E-state index contributed by atoms with van der Waals surface area (Å²) >= 11 is 6.52. The Labute approximate surface area is 121 Å². The molecule has 0 aliphatic heterocycles. The van der Waals surface area contributed by atoms with Crippen LogP contribution >= 0.6 is 31.9 Å². The van der Waals surface area contributed by atoms with Crippen LogP contribution in [0, 0.1) is 6.92 Å². The van der Waals surface area contributed by atoms with Gasteiger partial charge in [0.15, 0.2) is 0 Å². The van der Waals surface area contributed by atoms with E-state index in [1.807, 2.05) is 19.1 Å². The molecule has 0 saturated heterocycles. The Morgan fingerprint density at radius 2 is 2.17 bits per heavy atom. The van der Waals surface area contributed by atoms with E-state index in [0.29, 0.717) is 16.7 Å². The zero-order chi connectivity index (χ0) is 13.1. The molecule has 1 heterocycles. The van der Waals surface area contributed by atoms with E-state index >= 15 is 0 Å². The van der Waals surface area contributed by atoms with Crippen LogP contribution in [-0.2, 0) is 0 Å². The summed E-state index contributed by atoms with van der Waals surface area (Å²) in [5.41, 5.74) is 1.06. The summed E-state index contributed by atoms with van der Waals surface area (Å²) in [6, 6.07) is 5.55. The van der Waals surface area contributed by atoms with Crippen molar-refractivity contribution in [3.05, 3.63) is 38.7 Å². The minimum absolute atomic E-state index is 0.372. The molecule has 0 spiro atoms. The maximum absolute atomic E-state index is 11.5.